The average Bonchev–Trinajstić information content (AvgIpc) is 2.37. The maximum absolute atomic E-state index is 10.6. The lowest BCUT2D eigenvalue weighted by Crippen LogP contribution is -2.00. The van der Waals surface area contributed by atoms with Crippen molar-refractivity contribution >= 4 is 28.6 Å². The van der Waals surface area contributed by atoms with Crippen LogP contribution in [0.1, 0.15) is 11.1 Å². The maximum atomic E-state index is 10.6. The summed E-state index contributed by atoms with van der Waals surface area (Å²) >= 11 is 2.24. The largest absolute Gasteiger partial charge is 0.489 e. The second-order valence-corrected chi connectivity index (χ2v) is 5.38. The Labute approximate surface area is 125 Å². The van der Waals surface area contributed by atoms with Crippen molar-refractivity contribution < 1.29 is 14.6 Å². The third kappa shape index (κ3) is 4.55. The van der Waals surface area contributed by atoms with E-state index in [1.165, 1.54) is 0 Å². The van der Waals surface area contributed by atoms with Gasteiger partial charge in [0, 0.05) is 3.57 Å². The molecule has 0 spiro atoms. The zero-order valence-electron chi connectivity index (χ0n) is 10.2. The first-order valence-corrected chi connectivity index (χ1v) is 6.89. The van der Waals surface area contributed by atoms with Gasteiger partial charge in [-0.05, 0) is 51.9 Å². The zero-order chi connectivity index (χ0) is 13.7. The lowest BCUT2D eigenvalue weighted by atomic mass is 10.1. The van der Waals surface area contributed by atoms with Crippen molar-refractivity contribution in [1.82, 2.24) is 0 Å². The van der Waals surface area contributed by atoms with Crippen LogP contribution in [0.25, 0.3) is 0 Å². The minimum Gasteiger partial charge on any atom is -0.489 e. The molecule has 2 aromatic carbocycles. The Morgan fingerprint density at radius 3 is 2.42 bits per heavy atom. The molecule has 0 aliphatic rings. The number of ether oxygens (including phenoxy) is 1. The molecule has 0 bridgehead atoms. The molecule has 0 saturated heterocycles. The summed E-state index contributed by atoms with van der Waals surface area (Å²) < 4.78 is 6.80. The Kier molecular flexibility index (Phi) is 4.79. The van der Waals surface area contributed by atoms with E-state index in [0.717, 1.165) is 20.4 Å². The summed E-state index contributed by atoms with van der Waals surface area (Å²) in [7, 11) is 0. The first kappa shape index (κ1) is 13.9. The highest BCUT2D eigenvalue weighted by molar-refractivity contribution is 14.1. The second kappa shape index (κ2) is 6.56. The molecule has 98 valence electrons. The van der Waals surface area contributed by atoms with Crippen molar-refractivity contribution in [2.24, 2.45) is 0 Å². The number of carbonyl (C=O) groups is 1. The molecule has 19 heavy (non-hydrogen) atoms. The molecule has 0 amide bonds. The molecule has 2 aromatic rings. The third-order valence-corrected chi connectivity index (χ3v) is 3.25. The molecular weight excluding hydrogens is 355 g/mol. The molecule has 0 atom stereocenters. The standard InChI is InChI=1S/C15H13IO3/c16-13-2-1-3-14(9-13)19-10-12-6-4-11(5-7-12)8-15(17)18/h1-7,9H,8,10H2,(H,17,18). The Morgan fingerprint density at radius 2 is 1.79 bits per heavy atom. The highest BCUT2D eigenvalue weighted by atomic mass is 127. The van der Waals surface area contributed by atoms with Crippen LogP contribution in [0.15, 0.2) is 48.5 Å². The van der Waals surface area contributed by atoms with Gasteiger partial charge in [0.1, 0.15) is 12.4 Å². The van der Waals surface area contributed by atoms with Crippen molar-refractivity contribution in [2.45, 2.75) is 13.0 Å². The number of rotatable bonds is 5. The summed E-state index contributed by atoms with van der Waals surface area (Å²) in [4.78, 5) is 10.6. The second-order valence-electron chi connectivity index (χ2n) is 4.13. The molecule has 3 nitrogen and oxygen atoms in total. The fraction of sp³-hybridized carbons (Fsp3) is 0.133. The van der Waals surface area contributed by atoms with Crippen molar-refractivity contribution in [3.05, 3.63) is 63.2 Å². The van der Waals surface area contributed by atoms with Gasteiger partial charge in [0.2, 0.25) is 0 Å². The van der Waals surface area contributed by atoms with Crippen LogP contribution in [0.4, 0.5) is 0 Å². The van der Waals surface area contributed by atoms with Gasteiger partial charge in [-0.25, -0.2) is 0 Å². The van der Waals surface area contributed by atoms with Gasteiger partial charge in [0.25, 0.3) is 0 Å². The zero-order valence-corrected chi connectivity index (χ0v) is 12.3. The molecule has 2 rings (SSSR count). The number of aliphatic carboxylic acids is 1. The molecule has 0 aliphatic carbocycles. The van der Waals surface area contributed by atoms with Crippen LogP contribution < -0.4 is 4.74 Å². The summed E-state index contributed by atoms with van der Waals surface area (Å²) in [5, 5.41) is 8.69. The quantitative estimate of drug-likeness (QED) is 0.822. The lowest BCUT2D eigenvalue weighted by Gasteiger charge is -2.07. The van der Waals surface area contributed by atoms with Crippen LogP contribution >= 0.6 is 22.6 Å². The normalized spacial score (nSPS) is 10.2. The number of carboxylic acid groups (broad SMARTS) is 1. The summed E-state index contributed by atoms with van der Waals surface area (Å²) in [6.07, 6.45) is 0.0536. The Bertz CT molecular complexity index is 564. The Hall–Kier alpha value is -1.56. The van der Waals surface area contributed by atoms with Gasteiger partial charge in [-0.15, -0.1) is 0 Å². The molecule has 0 radical (unpaired) electrons. The Balaban J connectivity index is 1.94. The van der Waals surface area contributed by atoms with Gasteiger partial charge in [-0.2, -0.15) is 0 Å². The topological polar surface area (TPSA) is 46.5 Å². The molecule has 0 unspecified atom stereocenters. The summed E-state index contributed by atoms with van der Waals surface area (Å²) in [5.41, 5.74) is 1.82. The molecule has 0 heterocycles. The highest BCUT2D eigenvalue weighted by Crippen LogP contribution is 2.16. The van der Waals surface area contributed by atoms with Gasteiger partial charge in [-0.1, -0.05) is 30.3 Å². The number of halogens is 1. The number of carboxylic acids is 1. The molecule has 0 aliphatic heterocycles. The Morgan fingerprint density at radius 1 is 1.11 bits per heavy atom. The minimum atomic E-state index is -0.817. The van der Waals surface area contributed by atoms with E-state index < -0.39 is 5.97 Å². The van der Waals surface area contributed by atoms with E-state index in [1.54, 1.807) is 0 Å². The van der Waals surface area contributed by atoms with Gasteiger partial charge in [0.15, 0.2) is 0 Å². The van der Waals surface area contributed by atoms with Crippen molar-refractivity contribution in [2.75, 3.05) is 0 Å². The first-order chi connectivity index (χ1) is 9.13. The smallest absolute Gasteiger partial charge is 0.307 e. The molecular formula is C15H13IO3. The molecule has 0 fully saturated rings. The van der Waals surface area contributed by atoms with Crippen LogP contribution in [0.2, 0.25) is 0 Å². The number of hydrogen-bond acceptors (Lipinski definition) is 2. The number of benzene rings is 2. The van der Waals surface area contributed by atoms with E-state index in [9.17, 15) is 4.79 Å². The van der Waals surface area contributed by atoms with Crippen LogP contribution in [-0.4, -0.2) is 11.1 Å². The van der Waals surface area contributed by atoms with Crippen LogP contribution in [0, 0.1) is 3.57 Å². The van der Waals surface area contributed by atoms with E-state index in [-0.39, 0.29) is 6.42 Å². The van der Waals surface area contributed by atoms with E-state index in [2.05, 4.69) is 22.6 Å². The van der Waals surface area contributed by atoms with E-state index >= 15 is 0 Å². The van der Waals surface area contributed by atoms with Crippen LogP contribution in [0.3, 0.4) is 0 Å². The minimum absolute atomic E-state index is 0.0536. The van der Waals surface area contributed by atoms with Crippen molar-refractivity contribution in [3.8, 4) is 5.75 Å². The van der Waals surface area contributed by atoms with Gasteiger partial charge < -0.3 is 9.84 Å². The maximum Gasteiger partial charge on any atom is 0.307 e. The fourth-order valence-corrected chi connectivity index (χ4v) is 2.17. The van der Waals surface area contributed by atoms with E-state index in [0.29, 0.717) is 6.61 Å². The highest BCUT2D eigenvalue weighted by Gasteiger charge is 2.01. The average molecular weight is 368 g/mol. The summed E-state index contributed by atoms with van der Waals surface area (Å²) in [6.45, 7) is 0.480. The van der Waals surface area contributed by atoms with E-state index in [1.807, 2.05) is 48.5 Å². The van der Waals surface area contributed by atoms with Gasteiger partial charge in [-0.3, -0.25) is 4.79 Å². The lowest BCUT2D eigenvalue weighted by molar-refractivity contribution is -0.136. The van der Waals surface area contributed by atoms with Crippen LogP contribution in [0.5, 0.6) is 5.75 Å². The predicted molar refractivity (Wildman–Crippen MR) is 81.3 cm³/mol. The summed E-state index contributed by atoms with van der Waals surface area (Å²) in [5.74, 6) is 0.0179. The number of hydrogen-bond donors (Lipinski definition) is 1. The summed E-state index contributed by atoms with van der Waals surface area (Å²) in [6, 6.07) is 15.3. The monoisotopic (exact) mass is 368 g/mol. The molecule has 4 heteroatoms. The van der Waals surface area contributed by atoms with Crippen LogP contribution in [-0.2, 0) is 17.8 Å². The third-order valence-electron chi connectivity index (χ3n) is 2.58. The van der Waals surface area contributed by atoms with E-state index in [4.69, 9.17) is 9.84 Å². The SMILES string of the molecule is O=C(O)Cc1ccc(COc2cccc(I)c2)cc1. The van der Waals surface area contributed by atoms with Crippen molar-refractivity contribution in [3.63, 3.8) is 0 Å². The molecule has 0 saturated carbocycles. The molecule has 1 N–H and O–H groups in total. The molecule has 0 aromatic heterocycles. The predicted octanol–water partition coefficient (Wildman–Crippen LogP) is 3.50. The van der Waals surface area contributed by atoms with Gasteiger partial charge >= 0.3 is 5.97 Å². The van der Waals surface area contributed by atoms with Crippen molar-refractivity contribution in [1.29, 1.82) is 0 Å². The fourth-order valence-electron chi connectivity index (χ4n) is 1.65. The van der Waals surface area contributed by atoms with Gasteiger partial charge in [0.05, 0.1) is 6.42 Å². The first-order valence-electron chi connectivity index (χ1n) is 5.81.